The van der Waals surface area contributed by atoms with E-state index in [2.05, 4.69) is 34.6 Å². The van der Waals surface area contributed by atoms with Crippen molar-refractivity contribution in [3.63, 3.8) is 0 Å². The lowest BCUT2D eigenvalue weighted by atomic mass is 9.70. The number of benzene rings is 1. The Labute approximate surface area is 122 Å². The Morgan fingerprint density at radius 1 is 1.25 bits per heavy atom. The van der Waals surface area contributed by atoms with Gasteiger partial charge in [0.1, 0.15) is 6.61 Å². The van der Waals surface area contributed by atoms with Gasteiger partial charge in [-0.1, -0.05) is 65.0 Å². The van der Waals surface area contributed by atoms with Gasteiger partial charge in [0, 0.05) is 0 Å². The van der Waals surface area contributed by atoms with Crippen molar-refractivity contribution in [3.8, 4) is 0 Å². The Bertz CT molecular complexity index is 487. The zero-order valence-electron chi connectivity index (χ0n) is 13.3. The van der Waals surface area contributed by atoms with E-state index >= 15 is 0 Å². The highest BCUT2D eigenvalue weighted by Crippen LogP contribution is 2.73. The number of hydrogen-bond donors (Lipinski definition) is 0. The van der Waals surface area contributed by atoms with Crippen LogP contribution in [0.2, 0.25) is 0 Å². The molecule has 0 aliphatic heterocycles. The van der Waals surface area contributed by atoms with Crippen LogP contribution in [-0.4, -0.2) is 5.97 Å². The molecule has 0 heterocycles. The van der Waals surface area contributed by atoms with Crippen LogP contribution in [0.25, 0.3) is 0 Å². The van der Waals surface area contributed by atoms with Crippen molar-refractivity contribution >= 4 is 5.97 Å². The van der Waals surface area contributed by atoms with Crippen LogP contribution in [0.15, 0.2) is 30.3 Å². The first kappa shape index (κ1) is 15.1. The van der Waals surface area contributed by atoms with Gasteiger partial charge in [-0.3, -0.25) is 4.79 Å². The molecule has 0 N–H and O–H groups in total. The molecule has 0 saturated heterocycles. The fraction of sp³-hybridized carbons (Fsp3) is 0.611. The molecule has 20 heavy (non-hydrogen) atoms. The monoisotopic (exact) mass is 274 g/mol. The Morgan fingerprint density at radius 3 is 2.25 bits per heavy atom. The van der Waals surface area contributed by atoms with Crippen molar-refractivity contribution in [2.75, 3.05) is 0 Å². The minimum atomic E-state index is -0.330. The van der Waals surface area contributed by atoms with Crippen LogP contribution in [0.4, 0.5) is 0 Å². The van der Waals surface area contributed by atoms with E-state index in [1.54, 1.807) is 0 Å². The van der Waals surface area contributed by atoms with E-state index < -0.39 is 0 Å². The van der Waals surface area contributed by atoms with Crippen molar-refractivity contribution in [3.05, 3.63) is 35.9 Å². The summed E-state index contributed by atoms with van der Waals surface area (Å²) < 4.78 is 5.64. The number of rotatable bonds is 5. The molecular weight excluding hydrogens is 248 g/mol. The molecule has 1 saturated carbocycles. The van der Waals surface area contributed by atoms with Gasteiger partial charge < -0.3 is 4.74 Å². The predicted molar refractivity (Wildman–Crippen MR) is 81.1 cm³/mol. The van der Waals surface area contributed by atoms with Crippen molar-refractivity contribution < 1.29 is 9.53 Å². The van der Waals surface area contributed by atoms with E-state index in [-0.39, 0.29) is 22.2 Å². The average Bonchev–Trinajstić information content (AvgIpc) is 3.02. The molecule has 1 aliphatic carbocycles. The van der Waals surface area contributed by atoms with E-state index in [4.69, 9.17) is 4.74 Å². The summed E-state index contributed by atoms with van der Waals surface area (Å²) in [4.78, 5) is 12.7. The molecule has 110 valence electrons. The summed E-state index contributed by atoms with van der Waals surface area (Å²) >= 11 is 0. The first-order chi connectivity index (χ1) is 9.27. The van der Waals surface area contributed by atoms with E-state index in [0.29, 0.717) is 6.61 Å². The summed E-state index contributed by atoms with van der Waals surface area (Å²) in [6, 6.07) is 9.88. The SMILES string of the molecule is CCC(C)(C)C1(C(=O)OCc2ccccc2)CC1(C)C. The van der Waals surface area contributed by atoms with Crippen LogP contribution in [0, 0.1) is 16.2 Å². The molecule has 2 heteroatoms. The Kier molecular flexibility index (Phi) is 3.70. The Balaban J connectivity index is 2.11. The zero-order chi connectivity index (χ0) is 15.0. The zero-order valence-corrected chi connectivity index (χ0v) is 13.3. The maximum absolute atomic E-state index is 12.7. The lowest BCUT2D eigenvalue weighted by Gasteiger charge is -2.35. The standard InChI is InChI=1S/C18H26O2/c1-6-16(2,3)18(13-17(18,4)5)15(19)20-12-14-10-8-7-9-11-14/h7-11H,6,12-13H2,1-5H3. The fourth-order valence-corrected chi connectivity index (χ4v) is 3.55. The van der Waals surface area contributed by atoms with Gasteiger partial charge in [0.2, 0.25) is 0 Å². The second kappa shape index (κ2) is 4.91. The third-order valence-corrected chi connectivity index (χ3v) is 5.34. The highest BCUT2D eigenvalue weighted by atomic mass is 16.5. The molecule has 0 aromatic heterocycles. The lowest BCUT2D eigenvalue weighted by molar-refractivity contribution is -0.159. The molecule has 0 amide bonds. The molecule has 0 bridgehead atoms. The van der Waals surface area contributed by atoms with Gasteiger partial charge in [-0.05, 0) is 29.2 Å². The molecule has 1 aromatic carbocycles. The first-order valence-electron chi connectivity index (χ1n) is 7.48. The van der Waals surface area contributed by atoms with Gasteiger partial charge in [-0.2, -0.15) is 0 Å². The van der Waals surface area contributed by atoms with Crippen molar-refractivity contribution in [2.45, 2.75) is 54.1 Å². The molecule has 1 fully saturated rings. The van der Waals surface area contributed by atoms with Gasteiger partial charge in [0.15, 0.2) is 0 Å². The second-order valence-electron chi connectivity index (χ2n) is 7.27. The van der Waals surface area contributed by atoms with Crippen LogP contribution >= 0.6 is 0 Å². The molecular formula is C18H26O2. The first-order valence-corrected chi connectivity index (χ1v) is 7.48. The second-order valence-corrected chi connectivity index (χ2v) is 7.27. The normalized spacial score (nSPS) is 24.2. The number of carbonyl (C=O) groups is 1. The number of esters is 1. The summed E-state index contributed by atoms with van der Waals surface area (Å²) in [6.07, 6.45) is 1.91. The Morgan fingerprint density at radius 2 is 1.80 bits per heavy atom. The molecule has 1 unspecified atom stereocenters. The van der Waals surface area contributed by atoms with Crippen LogP contribution in [0.5, 0.6) is 0 Å². The molecule has 1 atom stereocenters. The van der Waals surface area contributed by atoms with Gasteiger partial charge in [-0.25, -0.2) is 0 Å². The lowest BCUT2D eigenvalue weighted by Crippen LogP contribution is -2.37. The van der Waals surface area contributed by atoms with Crippen LogP contribution in [-0.2, 0) is 16.1 Å². The van der Waals surface area contributed by atoms with E-state index in [9.17, 15) is 4.79 Å². The highest BCUT2D eigenvalue weighted by molar-refractivity contribution is 5.83. The molecule has 2 nitrogen and oxygen atoms in total. The quantitative estimate of drug-likeness (QED) is 0.734. The van der Waals surface area contributed by atoms with Gasteiger partial charge in [0.25, 0.3) is 0 Å². The topological polar surface area (TPSA) is 26.3 Å². The van der Waals surface area contributed by atoms with E-state index in [1.165, 1.54) is 0 Å². The van der Waals surface area contributed by atoms with Crippen LogP contribution in [0.1, 0.15) is 53.0 Å². The Hall–Kier alpha value is -1.31. The summed E-state index contributed by atoms with van der Waals surface area (Å²) in [7, 11) is 0. The number of carbonyl (C=O) groups excluding carboxylic acids is 1. The molecule has 0 spiro atoms. The molecule has 1 aliphatic rings. The predicted octanol–water partition coefficient (Wildman–Crippen LogP) is 4.58. The summed E-state index contributed by atoms with van der Waals surface area (Å²) in [5, 5.41) is 0. The van der Waals surface area contributed by atoms with Crippen molar-refractivity contribution in [2.24, 2.45) is 16.2 Å². The summed E-state index contributed by atoms with van der Waals surface area (Å²) in [6.45, 7) is 11.2. The highest BCUT2D eigenvalue weighted by Gasteiger charge is 2.73. The largest absolute Gasteiger partial charge is 0.460 e. The number of hydrogen-bond acceptors (Lipinski definition) is 2. The number of ether oxygens (including phenoxy) is 1. The maximum Gasteiger partial charge on any atom is 0.313 e. The average molecular weight is 274 g/mol. The minimum Gasteiger partial charge on any atom is -0.460 e. The smallest absolute Gasteiger partial charge is 0.313 e. The van der Waals surface area contributed by atoms with Gasteiger partial charge in [-0.15, -0.1) is 0 Å². The molecule has 1 aromatic rings. The van der Waals surface area contributed by atoms with Gasteiger partial charge >= 0.3 is 5.97 Å². The van der Waals surface area contributed by atoms with E-state index in [1.807, 2.05) is 30.3 Å². The van der Waals surface area contributed by atoms with Crippen LogP contribution < -0.4 is 0 Å². The molecule has 2 rings (SSSR count). The molecule has 0 radical (unpaired) electrons. The van der Waals surface area contributed by atoms with Crippen molar-refractivity contribution in [1.82, 2.24) is 0 Å². The fourth-order valence-electron chi connectivity index (χ4n) is 3.55. The van der Waals surface area contributed by atoms with Crippen molar-refractivity contribution in [1.29, 1.82) is 0 Å². The van der Waals surface area contributed by atoms with Crippen LogP contribution in [0.3, 0.4) is 0 Å². The summed E-state index contributed by atoms with van der Waals surface area (Å²) in [5.74, 6) is -0.0294. The maximum atomic E-state index is 12.7. The summed E-state index contributed by atoms with van der Waals surface area (Å²) in [5.41, 5.74) is 0.734. The van der Waals surface area contributed by atoms with E-state index in [0.717, 1.165) is 18.4 Å². The third kappa shape index (κ3) is 2.25. The van der Waals surface area contributed by atoms with Gasteiger partial charge in [0.05, 0.1) is 5.41 Å². The minimum absolute atomic E-state index is 0.0235. The third-order valence-electron chi connectivity index (χ3n) is 5.34.